The molecule has 3 aliphatic rings. The van der Waals surface area contributed by atoms with Gasteiger partial charge in [-0.15, -0.1) is 0 Å². The van der Waals surface area contributed by atoms with Crippen molar-refractivity contribution in [3.63, 3.8) is 0 Å². The summed E-state index contributed by atoms with van der Waals surface area (Å²) < 4.78 is 6.11. The van der Waals surface area contributed by atoms with Crippen LogP contribution >= 0.6 is 0 Å². The summed E-state index contributed by atoms with van der Waals surface area (Å²) in [6, 6.07) is 0. The minimum atomic E-state index is -0.0785. The SMILES string of the molecule is CC1(C(O)C2CCOC3(CCCCC3)C2)CC1. The number of aliphatic hydroxyl groups excluding tert-OH is 1. The Kier molecular flexibility index (Phi) is 2.99. The number of hydrogen-bond donors (Lipinski definition) is 1. The topological polar surface area (TPSA) is 29.5 Å². The van der Waals surface area contributed by atoms with Crippen molar-refractivity contribution in [1.29, 1.82) is 0 Å². The summed E-state index contributed by atoms with van der Waals surface area (Å²) in [5.41, 5.74) is 0.394. The van der Waals surface area contributed by atoms with E-state index in [1.54, 1.807) is 0 Å². The van der Waals surface area contributed by atoms with Crippen LogP contribution in [0.5, 0.6) is 0 Å². The van der Waals surface area contributed by atoms with Crippen molar-refractivity contribution in [3.05, 3.63) is 0 Å². The van der Waals surface area contributed by atoms with Crippen molar-refractivity contribution >= 4 is 0 Å². The minimum Gasteiger partial charge on any atom is -0.392 e. The van der Waals surface area contributed by atoms with E-state index in [0.29, 0.717) is 5.92 Å². The first kappa shape index (κ1) is 12.0. The Morgan fingerprint density at radius 3 is 2.47 bits per heavy atom. The van der Waals surface area contributed by atoms with Crippen molar-refractivity contribution in [1.82, 2.24) is 0 Å². The van der Waals surface area contributed by atoms with E-state index < -0.39 is 0 Å². The monoisotopic (exact) mass is 238 g/mol. The second-order valence-corrected chi connectivity index (χ2v) is 6.94. The molecule has 1 saturated heterocycles. The predicted octanol–water partition coefficient (Wildman–Crippen LogP) is 3.28. The van der Waals surface area contributed by atoms with Gasteiger partial charge in [-0.25, -0.2) is 0 Å². The van der Waals surface area contributed by atoms with Gasteiger partial charge >= 0.3 is 0 Å². The molecule has 1 heterocycles. The summed E-state index contributed by atoms with van der Waals surface area (Å²) in [6.07, 6.45) is 11.0. The highest BCUT2D eigenvalue weighted by Crippen LogP contribution is 2.53. The smallest absolute Gasteiger partial charge is 0.0686 e. The van der Waals surface area contributed by atoms with Crippen LogP contribution in [0.2, 0.25) is 0 Å². The van der Waals surface area contributed by atoms with E-state index in [1.165, 1.54) is 44.9 Å². The van der Waals surface area contributed by atoms with Crippen LogP contribution in [-0.2, 0) is 4.74 Å². The summed E-state index contributed by atoms with van der Waals surface area (Å²) in [5.74, 6) is 0.495. The quantitative estimate of drug-likeness (QED) is 0.800. The van der Waals surface area contributed by atoms with Crippen LogP contribution in [0, 0.1) is 11.3 Å². The molecule has 0 amide bonds. The van der Waals surface area contributed by atoms with Crippen molar-refractivity contribution in [2.75, 3.05) is 6.61 Å². The standard InChI is InChI=1S/C15H26O2/c1-14(8-9-14)13(16)12-5-10-17-15(11-12)6-3-2-4-7-15/h12-13,16H,2-11H2,1H3. The fourth-order valence-corrected chi connectivity index (χ4v) is 3.94. The summed E-state index contributed by atoms with van der Waals surface area (Å²) in [7, 11) is 0. The van der Waals surface area contributed by atoms with Gasteiger partial charge in [-0.05, 0) is 49.9 Å². The molecule has 1 N–H and O–H groups in total. The first-order valence-corrected chi connectivity index (χ1v) is 7.46. The molecule has 2 aliphatic carbocycles. The molecule has 2 heteroatoms. The molecule has 2 saturated carbocycles. The van der Waals surface area contributed by atoms with E-state index in [1.807, 2.05) is 0 Å². The molecule has 2 unspecified atom stereocenters. The summed E-state index contributed by atoms with van der Waals surface area (Å²) >= 11 is 0. The maximum absolute atomic E-state index is 10.5. The highest BCUT2D eigenvalue weighted by atomic mass is 16.5. The Bertz CT molecular complexity index is 271. The molecule has 0 bridgehead atoms. The van der Waals surface area contributed by atoms with Crippen LogP contribution < -0.4 is 0 Å². The Morgan fingerprint density at radius 1 is 1.12 bits per heavy atom. The van der Waals surface area contributed by atoms with Gasteiger partial charge in [0.15, 0.2) is 0 Å². The third kappa shape index (κ3) is 2.26. The Morgan fingerprint density at radius 2 is 1.82 bits per heavy atom. The number of ether oxygens (including phenoxy) is 1. The van der Waals surface area contributed by atoms with Crippen LogP contribution in [0.25, 0.3) is 0 Å². The lowest BCUT2D eigenvalue weighted by Crippen LogP contribution is -2.45. The molecule has 2 atom stereocenters. The molecular weight excluding hydrogens is 212 g/mol. The van der Waals surface area contributed by atoms with E-state index >= 15 is 0 Å². The zero-order valence-electron chi connectivity index (χ0n) is 11.1. The van der Waals surface area contributed by atoms with Crippen molar-refractivity contribution in [2.24, 2.45) is 11.3 Å². The van der Waals surface area contributed by atoms with Crippen LogP contribution in [-0.4, -0.2) is 23.4 Å². The Hall–Kier alpha value is -0.0800. The average Bonchev–Trinajstić information content (AvgIpc) is 3.09. The highest BCUT2D eigenvalue weighted by Gasteiger charge is 2.50. The second-order valence-electron chi connectivity index (χ2n) is 6.94. The van der Waals surface area contributed by atoms with E-state index in [2.05, 4.69) is 6.92 Å². The Labute approximate surface area is 105 Å². The number of aliphatic hydroxyl groups is 1. The first-order valence-electron chi connectivity index (χ1n) is 7.46. The lowest BCUT2D eigenvalue weighted by molar-refractivity contribution is -0.140. The maximum atomic E-state index is 10.5. The minimum absolute atomic E-state index is 0.0785. The average molecular weight is 238 g/mol. The zero-order chi connectivity index (χ0) is 11.9. The largest absolute Gasteiger partial charge is 0.392 e. The van der Waals surface area contributed by atoms with Gasteiger partial charge in [-0.1, -0.05) is 26.2 Å². The van der Waals surface area contributed by atoms with E-state index in [0.717, 1.165) is 19.4 Å². The fraction of sp³-hybridized carbons (Fsp3) is 1.00. The van der Waals surface area contributed by atoms with Gasteiger partial charge < -0.3 is 9.84 Å². The van der Waals surface area contributed by atoms with Gasteiger partial charge in [0, 0.05) is 6.61 Å². The molecule has 0 aromatic rings. The van der Waals surface area contributed by atoms with Crippen LogP contribution in [0.1, 0.15) is 64.7 Å². The van der Waals surface area contributed by atoms with Gasteiger partial charge in [0.1, 0.15) is 0 Å². The van der Waals surface area contributed by atoms with Crippen LogP contribution in [0.4, 0.5) is 0 Å². The molecule has 0 aromatic carbocycles. The molecule has 0 aromatic heterocycles. The molecule has 2 nitrogen and oxygen atoms in total. The van der Waals surface area contributed by atoms with Crippen molar-refractivity contribution in [2.45, 2.75) is 76.4 Å². The highest BCUT2D eigenvalue weighted by molar-refractivity contribution is 5.01. The maximum Gasteiger partial charge on any atom is 0.0686 e. The molecular formula is C15H26O2. The predicted molar refractivity (Wildman–Crippen MR) is 67.8 cm³/mol. The molecule has 17 heavy (non-hydrogen) atoms. The van der Waals surface area contributed by atoms with Crippen molar-refractivity contribution in [3.8, 4) is 0 Å². The summed E-state index contributed by atoms with van der Waals surface area (Å²) in [4.78, 5) is 0. The van der Waals surface area contributed by atoms with Gasteiger partial charge in [0.05, 0.1) is 11.7 Å². The first-order chi connectivity index (χ1) is 8.14. The molecule has 3 rings (SSSR count). The van der Waals surface area contributed by atoms with E-state index in [-0.39, 0.29) is 17.1 Å². The van der Waals surface area contributed by atoms with Crippen LogP contribution in [0.15, 0.2) is 0 Å². The fourth-order valence-electron chi connectivity index (χ4n) is 3.94. The number of hydrogen-bond acceptors (Lipinski definition) is 2. The molecule has 3 fully saturated rings. The molecule has 1 spiro atoms. The van der Waals surface area contributed by atoms with Crippen LogP contribution in [0.3, 0.4) is 0 Å². The lowest BCUT2D eigenvalue weighted by atomic mass is 9.72. The van der Waals surface area contributed by atoms with Gasteiger partial charge in [0.25, 0.3) is 0 Å². The Balaban J connectivity index is 1.66. The van der Waals surface area contributed by atoms with Gasteiger partial charge in [-0.3, -0.25) is 0 Å². The lowest BCUT2D eigenvalue weighted by Gasteiger charge is -2.45. The normalized spacial score (nSPS) is 36.7. The molecule has 1 aliphatic heterocycles. The number of rotatable bonds is 2. The molecule has 0 radical (unpaired) electrons. The second kappa shape index (κ2) is 4.24. The summed E-state index contributed by atoms with van der Waals surface area (Å²) in [6.45, 7) is 3.12. The van der Waals surface area contributed by atoms with Crippen molar-refractivity contribution < 1.29 is 9.84 Å². The molecule has 98 valence electrons. The van der Waals surface area contributed by atoms with Gasteiger partial charge in [-0.2, -0.15) is 0 Å². The third-order valence-electron chi connectivity index (χ3n) is 5.50. The van der Waals surface area contributed by atoms with Gasteiger partial charge in [0.2, 0.25) is 0 Å². The third-order valence-corrected chi connectivity index (χ3v) is 5.50. The summed E-state index contributed by atoms with van der Waals surface area (Å²) in [5, 5.41) is 10.5. The van der Waals surface area contributed by atoms with E-state index in [4.69, 9.17) is 4.74 Å². The zero-order valence-corrected chi connectivity index (χ0v) is 11.1. The van der Waals surface area contributed by atoms with E-state index in [9.17, 15) is 5.11 Å².